The van der Waals surface area contributed by atoms with Gasteiger partial charge < -0.3 is 9.64 Å². The van der Waals surface area contributed by atoms with Gasteiger partial charge in [0.2, 0.25) is 10.0 Å². The monoisotopic (exact) mass is 388 g/mol. The SMILES string of the molecule is Cc1cc(S(=O)(=O)N2CCN(C)C[C@H]2c2ccccc2)ccc1OC(C)C. The maximum absolute atomic E-state index is 13.4. The Hall–Kier alpha value is -1.89. The zero-order valence-electron chi connectivity index (χ0n) is 16.4. The molecule has 0 saturated carbocycles. The van der Waals surface area contributed by atoms with E-state index in [0.717, 1.165) is 23.4 Å². The molecule has 1 saturated heterocycles. The van der Waals surface area contributed by atoms with Crippen LogP contribution in [0, 0.1) is 6.92 Å². The Morgan fingerprint density at radius 3 is 2.41 bits per heavy atom. The molecule has 5 nitrogen and oxygen atoms in total. The van der Waals surface area contributed by atoms with Crippen LogP contribution in [-0.4, -0.2) is 50.4 Å². The molecule has 0 N–H and O–H groups in total. The molecule has 146 valence electrons. The molecule has 1 aliphatic heterocycles. The van der Waals surface area contributed by atoms with E-state index in [2.05, 4.69) is 4.90 Å². The maximum atomic E-state index is 13.4. The molecule has 0 aliphatic carbocycles. The van der Waals surface area contributed by atoms with Gasteiger partial charge in [-0.05, 0) is 57.1 Å². The number of ether oxygens (including phenoxy) is 1. The summed E-state index contributed by atoms with van der Waals surface area (Å²) < 4.78 is 34.2. The van der Waals surface area contributed by atoms with Crippen molar-refractivity contribution >= 4 is 10.0 Å². The molecule has 6 heteroatoms. The molecule has 1 heterocycles. The maximum Gasteiger partial charge on any atom is 0.243 e. The van der Waals surface area contributed by atoms with Crippen LogP contribution in [0.15, 0.2) is 53.4 Å². The molecule has 1 atom stereocenters. The molecular weight excluding hydrogens is 360 g/mol. The molecule has 0 unspecified atom stereocenters. The number of hydrogen-bond acceptors (Lipinski definition) is 4. The van der Waals surface area contributed by atoms with E-state index in [0.29, 0.717) is 18.0 Å². The second-order valence-electron chi connectivity index (χ2n) is 7.40. The van der Waals surface area contributed by atoms with Gasteiger partial charge in [0.25, 0.3) is 0 Å². The van der Waals surface area contributed by atoms with Gasteiger partial charge in [0.15, 0.2) is 0 Å². The Kier molecular flexibility index (Phi) is 5.89. The summed E-state index contributed by atoms with van der Waals surface area (Å²) in [7, 11) is -1.57. The van der Waals surface area contributed by atoms with Crippen LogP contribution in [0.5, 0.6) is 5.75 Å². The van der Waals surface area contributed by atoms with Crippen LogP contribution in [0.25, 0.3) is 0 Å². The summed E-state index contributed by atoms with van der Waals surface area (Å²) >= 11 is 0. The Morgan fingerprint density at radius 2 is 1.78 bits per heavy atom. The van der Waals surface area contributed by atoms with Crippen LogP contribution in [0.4, 0.5) is 0 Å². The van der Waals surface area contributed by atoms with Crippen molar-refractivity contribution in [1.29, 1.82) is 0 Å². The fourth-order valence-electron chi connectivity index (χ4n) is 3.44. The number of benzene rings is 2. The van der Waals surface area contributed by atoms with Crippen molar-refractivity contribution in [3.8, 4) is 5.75 Å². The Bertz CT molecular complexity index is 882. The van der Waals surface area contributed by atoms with E-state index >= 15 is 0 Å². The Balaban J connectivity index is 1.96. The van der Waals surface area contributed by atoms with Crippen LogP contribution in [-0.2, 0) is 10.0 Å². The minimum atomic E-state index is -3.60. The molecule has 0 aromatic heterocycles. The van der Waals surface area contributed by atoms with E-state index in [1.807, 2.05) is 58.2 Å². The molecule has 27 heavy (non-hydrogen) atoms. The first-order valence-electron chi connectivity index (χ1n) is 9.31. The van der Waals surface area contributed by atoms with Crippen molar-refractivity contribution < 1.29 is 13.2 Å². The zero-order chi connectivity index (χ0) is 19.6. The largest absolute Gasteiger partial charge is 0.491 e. The quantitative estimate of drug-likeness (QED) is 0.787. The highest BCUT2D eigenvalue weighted by atomic mass is 32.2. The third-order valence-electron chi connectivity index (χ3n) is 4.83. The highest BCUT2D eigenvalue weighted by Crippen LogP contribution is 2.32. The minimum Gasteiger partial charge on any atom is -0.491 e. The van der Waals surface area contributed by atoms with Crippen LogP contribution in [0.3, 0.4) is 0 Å². The van der Waals surface area contributed by atoms with E-state index in [1.54, 1.807) is 22.5 Å². The lowest BCUT2D eigenvalue weighted by Gasteiger charge is -2.39. The summed E-state index contributed by atoms with van der Waals surface area (Å²) in [4.78, 5) is 2.50. The first-order valence-corrected chi connectivity index (χ1v) is 10.8. The number of piperazine rings is 1. The van der Waals surface area contributed by atoms with E-state index in [1.165, 1.54) is 0 Å². The van der Waals surface area contributed by atoms with E-state index < -0.39 is 10.0 Å². The molecule has 0 spiro atoms. The van der Waals surface area contributed by atoms with Crippen molar-refractivity contribution in [2.24, 2.45) is 0 Å². The third-order valence-corrected chi connectivity index (χ3v) is 6.74. The van der Waals surface area contributed by atoms with Gasteiger partial charge in [-0.15, -0.1) is 0 Å². The standard InChI is InChI=1S/C21H28N2O3S/c1-16(2)26-21-11-10-19(14-17(21)3)27(24,25)23-13-12-22(4)15-20(23)18-8-6-5-7-9-18/h5-11,14,16,20H,12-13,15H2,1-4H3/t20-/m0/s1. The van der Waals surface area contributed by atoms with Gasteiger partial charge in [-0.3, -0.25) is 0 Å². The Labute approximate surface area is 162 Å². The highest BCUT2D eigenvalue weighted by molar-refractivity contribution is 7.89. The lowest BCUT2D eigenvalue weighted by molar-refractivity contribution is 0.160. The summed E-state index contributed by atoms with van der Waals surface area (Å²) in [6.07, 6.45) is 0.0475. The number of hydrogen-bond donors (Lipinski definition) is 0. The molecule has 2 aromatic carbocycles. The third kappa shape index (κ3) is 4.34. The fraction of sp³-hybridized carbons (Fsp3) is 0.429. The van der Waals surface area contributed by atoms with Gasteiger partial charge in [-0.1, -0.05) is 30.3 Å². The summed E-state index contributed by atoms with van der Waals surface area (Å²) in [6.45, 7) is 7.67. The van der Waals surface area contributed by atoms with Gasteiger partial charge in [0, 0.05) is 19.6 Å². The second kappa shape index (κ2) is 8.00. The summed E-state index contributed by atoms with van der Waals surface area (Å²) in [5.74, 6) is 0.724. The molecule has 3 rings (SSSR count). The van der Waals surface area contributed by atoms with Crippen molar-refractivity contribution in [1.82, 2.24) is 9.21 Å². The summed E-state index contributed by atoms with van der Waals surface area (Å²) in [6, 6.07) is 14.8. The van der Waals surface area contributed by atoms with Crippen LogP contribution < -0.4 is 4.74 Å². The zero-order valence-corrected chi connectivity index (χ0v) is 17.2. The van der Waals surface area contributed by atoms with E-state index in [9.17, 15) is 8.42 Å². The molecule has 0 radical (unpaired) electrons. The normalized spacial score (nSPS) is 19.4. The van der Waals surface area contributed by atoms with Crippen LogP contribution >= 0.6 is 0 Å². The lowest BCUT2D eigenvalue weighted by Crippen LogP contribution is -2.49. The summed E-state index contributed by atoms with van der Waals surface area (Å²) in [5, 5.41) is 0. The van der Waals surface area contributed by atoms with Gasteiger partial charge >= 0.3 is 0 Å². The number of nitrogens with zero attached hydrogens (tertiary/aromatic N) is 2. The average Bonchev–Trinajstić information content (AvgIpc) is 2.63. The smallest absolute Gasteiger partial charge is 0.243 e. The van der Waals surface area contributed by atoms with Crippen LogP contribution in [0.2, 0.25) is 0 Å². The number of likely N-dealkylation sites (N-methyl/N-ethyl adjacent to an activating group) is 1. The lowest BCUT2D eigenvalue weighted by atomic mass is 10.1. The van der Waals surface area contributed by atoms with E-state index in [-0.39, 0.29) is 12.1 Å². The molecule has 0 bridgehead atoms. The summed E-state index contributed by atoms with van der Waals surface area (Å²) in [5.41, 5.74) is 1.85. The molecule has 2 aromatic rings. The fourth-order valence-corrected chi connectivity index (χ4v) is 5.12. The van der Waals surface area contributed by atoms with Crippen molar-refractivity contribution in [2.75, 3.05) is 26.7 Å². The van der Waals surface area contributed by atoms with Crippen molar-refractivity contribution in [3.05, 3.63) is 59.7 Å². The highest BCUT2D eigenvalue weighted by Gasteiger charge is 2.36. The average molecular weight is 389 g/mol. The number of sulfonamides is 1. The second-order valence-corrected chi connectivity index (χ2v) is 9.29. The predicted octanol–water partition coefficient (Wildman–Crippen LogP) is 3.46. The predicted molar refractivity (Wildman–Crippen MR) is 108 cm³/mol. The topological polar surface area (TPSA) is 49.9 Å². The van der Waals surface area contributed by atoms with Crippen molar-refractivity contribution in [2.45, 2.75) is 37.8 Å². The van der Waals surface area contributed by atoms with E-state index in [4.69, 9.17) is 4.74 Å². The first-order chi connectivity index (χ1) is 12.8. The Morgan fingerprint density at radius 1 is 1.07 bits per heavy atom. The molecular formula is C21H28N2O3S. The minimum absolute atomic E-state index is 0.0475. The molecule has 1 aliphatic rings. The van der Waals surface area contributed by atoms with Crippen LogP contribution in [0.1, 0.15) is 31.0 Å². The number of aryl methyl sites for hydroxylation is 1. The molecule has 1 fully saturated rings. The first kappa shape index (κ1) is 19.9. The number of rotatable bonds is 5. The van der Waals surface area contributed by atoms with Gasteiger partial charge in [0.05, 0.1) is 17.0 Å². The van der Waals surface area contributed by atoms with Gasteiger partial charge in [-0.2, -0.15) is 4.31 Å². The van der Waals surface area contributed by atoms with Crippen molar-refractivity contribution in [3.63, 3.8) is 0 Å². The molecule has 0 amide bonds. The van der Waals surface area contributed by atoms with Gasteiger partial charge in [0.1, 0.15) is 5.75 Å². The van der Waals surface area contributed by atoms with Gasteiger partial charge in [-0.25, -0.2) is 8.42 Å².